The first-order valence-corrected chi connectivity index (χ1v) is 10.8. The normalized spacial score (nSPS) is 11.0. The number of hydrogen-bond acceptors (Lipinski definition) is 5. The Balaban J connectivity index is 1.36. The minimum absolute atomic E-state index is 0.221. The number of carbonyl (C=O) groups is 1. The van der Waals surface area contributed by atoms with Crippen LogP contribution >= 0.6 is 23.2 Å². The molecule has 32 heavy (non-hydrogen) atoms. The SMILES string of the molecule is CN(CCCNc1cc(=O)oc2ccccc12)C(=O)c1ccc(-c2cc(Cl)ccc2Cl)o1. The third-order valence-corrected chi connectivity index (χ3v) is 5.56. The number of hydrogen-bond donors (Lipinski definition) is 1. The molecule has 0 unspecified atom stereocenters. The van der Waals surface area contributed by atoms with Crippen LogP contribution in [0.3, 0.4) is 0 Å². The molecule has 2 aromatic heterocycles. The predicted molar refractivity (Wildman–Crippen MR) is 127 cm³/mol. The van der Waals surface area contributed by atoms with Gasteiger partial charge in [0.15, 0.2) is 5.76 Å². The molecule has 0 fully saturated rings. The quantitative estimate of drug-likeness (QED) is 0.267. The van der Waals surface area contributed by atoms with Gasteiger partial charge in [0, 0.05) is 42.2 Å². The van der Waals surface area contributed by atoms with Crippen LogP contribution in [0.25, 0.3) is 22.3 Å². The highest BCUT2D eigenvalue weighted by Gasteiger charge is 2.17. The van der Waals surface area contributed by atoms with E-state index in [0.717, 1.165) is 5.39 Å². The van der Waals surface area contributed by atoms with Crippen molar-refractivity contribution in [3.8, 4) is 11.3 Å². The van der Waals surface area contributed by atoms with Gasteiger partial charge >= 0.3 is 5.63 Å². The zero-order chi connectivity index (χ0) is 22.7. The molecule has 1 N–H and O–H groups in total. The van der Waals surface area contributed by atoms with Crippen molar-refractivity contribution >= 4 is 45.8 Å². The Kier molecular flexibility index (Phi) is 6.53. The van der Waals surface area contributed by atoms with Gasteiger partial charge in [0.25, 0.3) is 5.91 Å². The number of nitrogens with one attached hydrogen (secondary N) is 1. The molecule has 2 heterocycles. The van der Waals surface area contributed by atoms with Gasteiger partial charge in [-0.15, -0.1) is 0 Å². The molecule has 0 saturated heterocycles. The summed E-state index contributed by atoms with van der Waals surface area (Å²) in [7, 11) is 1.71. The van der Waals surface area contributed by atoms with Crippen molar-refractivity contribution in [2.24, 2.45) is 0 Å². The summed E-state index contributed by atoms with van der Waals surface area (Å²) in [5, 5.41) is 5.10. The van der Waals surface area contributed by atoms with Gasteiger partial charge in [0.1, 0.15) is 11.3 Å². The number of rotatable bonds is 7. The first-order valence-electron chi connectivity index (χ1n) is 10.00. The lowest BCUT2D eigenvalue weighted by atomic mass is 10.2. The van der Waals surface area contributed by atoms with Crippen molar-refractivity contribution in [1.29, 1.82) is 0 Å². The Hall–Kier alpha value is -3.22. The molecule has 4 rings (SSSR count). The Morgan fingerprint density at radius 3 is 2.69 bits per heavy atom. The van der Waals surface area contributed by atoms with Crippen LogP contribution in [0, 0.1) is 0 Å². The van der Waals surface area contributed by atoms with Gasteiger partial charge in [0.05, 0.1) is 10.7 Å². The van der Waals surface area contributed by atoms with Crippen LogP contribution in [0.4, 0.5) is 5.69 Å². The first kappa shape index (κ1) is 22.0. The van der Waals surface area contributed by atoms with E-state index >= 15 is 0 Å². The van der Waals surface area contributed by atoms with Crippen LogP contribution in [-0.2, 0) is 0 Å². The zero-order valence-corrected chi connectivity index (χ0v) is 18.7. The maximum absolute atomic E-state index is 12.7. The molecule has 2 aromatic carbocycles. The zero-order valence-electron chi connectivity index (χ0n) is 17.2. The van der Waals surface area contributed by atoms with Crippen LogP contribution in [0.2, 0.25) is 10.0 Å². The van der Waals surface area contributed by atoms with Crippen LogP contribution in [0.15, 0.2) is 74.3 Å². The van der Waals surface area contributed by atoms with Crippen molar-refractivity contribution in [2.45, 2.75) is 6.42 Å². The van der Waals surface area contributed by atoms with E-state index in [1.165, 1.54) is 6.07 Å². The summed E-state index contributed by atoms with van der Waals surface area (Å²) >= 11 is 12.3. The van der Waals surface area contributed by atoms with Gasteiger partial charge in [0.2, 0.25) is 0 Å². The van der Waals surface area contributed by atoms with Gasteiger partial charge in [-0.05, 0) is 48.9 Å². The third kappa shape index (κ3) is 4.82. The molecule has 164 valence electrons. The lowest BCUT2D eigenvalue weighted by Crippen LogP contribution is -2.28. The number of furan rings is 1. The number of halogens is 2. The molecule has 0 bridgehead atoms. The number of para-hydroxylation sites is 1. The summed E-state index contributed by atoms with van der Waals surface area (Å²) in [6.07, 6.45) is 0.671. The van der Waals surface area contributed by atoms with Crippen molar-refractivity contribution in [2.75, 3.05) is 25.5 Å². The molecule has 1 amide bonds. The number of nitrogens with zero attached hydrogens (tertiary/aromatic N) is 1. The molecule has 0 spiro atoms. The summed E-state index contributed by atoms with van der Waals surface area (Å²) in [4.78, 5) is 26.1. The molecular formula is C24H20Cl2N2O4. The van der Waals surface area contributed by atoms with E-state index in [0.29, 0.717) is 52.1 Å². The molecular weight excluding hydrogens is 451 g/mol. The summed E-state index contributed by atoms with van der Waals surface area (Å²) in [6, 6.07) is 17.2. The number of anilines is 1. The molecule has 0 atom stereocenters. The molecule has 0 aliphatic heterocycles. The van der Waals surface area contributed by atoms with Crippen LogP contribution in [0.5, 0.6) is 0 Å². The molecule has 4 aromatic rings. The highest BCUT2D eigenvalue weighted by molar-refractivity contribution is 6.35. The second-order valence-corrected chi connectivity index (χ2v) is 8.11. The van der Waals surface area contributed by atoms with Crippen LogP contribution < -0.4 is 10.9 Å². The smallest absolute Gasteiger partial charge is 0.338 e. The maximum atomic E-state index is 12.7. The summed E-state index contributed by atoms with van der Waals surface area (Å²) in [5.74, 6) is 0.462. The average molecular weight is 471 g/mol. The highest BCUT2D eigenvalue weighted by atomic mass is 35.5. The molecule has 0 aliphatic carbocycles. The lowest BCUT2D eigenvalue weighted by Gasteiger charge is -2.16. The Morgan fingerprint density at radius 2 is 1.84 bits per heavy atom. The van der Waals surface area contributed by atoms with Gasteiger partial charge in [-0.25, -0.2) is 4.79 Å². The summed E-state index contributed by atoms with van der Waals surface area (Å²) < 4.78 is 10.9. The second kappa shape index (κ2) is 9.51. The molecule has 0 radical (unpaired) electrons. The molecule has 6 nitrogen and oxygen atoms in total. The van der Waals surface area contributed by atoms with E-state index in [2.05, 4.69) is 5.32 Å². The number of benzene rings is 2. The molecule has 0 aliphatic rings. The lowest BCUT2D eigenvalue weighted by molar-refractivity contribution is 0.0764. The van der Waals surface area contributed by atoms with Crippen molar-refractivity contribution < 1.29 is 13.6 Å². The minimum Gasteiger partial charge on any atom is -0.451 e. The van der Waals surface area contributed by atoms with E-state index in [4.69, 9.17) is 32.0 Å². The maximum Gasteiger partial charge on any atom is 0.338 e. The van der Waals surface area contributed by atoms with E-state index in [-0.39, 0.29) is 11.7 Å². The average Bonchev–Trinajstić information content (AvgIpc) is 3.27. The predicted octanol–water partition coefficient (Wildman–Crippen LogP) is 5.93. The van der Waals surface area contributed by atoms with Gasteiger partial charge in [-0.3, -0.25) is 4.79 Å². The monoisotopic (exact) mass is 470 g/mol. The Morgan fingerprint density at radius 1 is 1.03 bits per heavy atom. The Bertz CT molecular complexity index is 1330. The number of fused-ring (bicyclic) bond motifs is 1. The van der Waals surface area contributed by atoms with E-state index < -0.39 is 5.63 Å². The van der Waals surface area contributed by atoms with Gasteiger partial charge < -0.3 is 19.1 Å². The highest BCUT2D eigenvalue weighted by Crippen LogP contribution is 2.32. The summed E-state index contributed by atoms with van der Waals surface area (Å²) in [5.41, 5.74) is 1.46. The standard InChI is InChI=1S/C24H20Cl2N2O4/c1-28(12-4-11-27-19-14-23(29)32-20-6-3-2-5-16(19)20)24(30)22-10-9-21(31-22)17-13-15(25)7-8-18(17)26/h2-3,5-10,13-14,27H,4,11-12H2,1H3. The fourth-order valence-corrected chi connectivity index (χ4v) is 3.75. The van der Waals surface area contributed by atoms with Gasteiger partial charge in [-0.1, -0.05) is 35.3 Å². The Labute approximate surface area is 194 Å². The van der Waals surface area contributed by atoms with E-state index in [9.17, 15) is 9.59 Å². The van der Waals surface area contributed by atoms with Crippen molar-refractivity contribution in [3.63, 3.8) is 0 Å². The second-order valence-electron chi connectivity index (χ2n) is 7.27. The fourth-order valence-electron chi connectivity index (χ4n) is 3.37. The van der Waals surface area contributed by atoms with Gasteiger partial charge in [-0.2, -0.15) is 0 Å². The molecule has 8 heteroatoms. The topological polar surface area (TPSA) is 75.7 Å². The number of amides is 1. The third-order valence-electron chi connectivity index (χ3n) is 4.99. The van der Waals surface area contributed by atoms with Crippen molar-refractivity contribution in [3.05, 3.63) is 86.9 Å². The van der Waals surface area contributed by atoms with Crippen LogP contribution in [0.1, 0.15) is 17.0 Å². The van der Waals surface area contributed by atoms with E-state index in [1.54, 1.807) is 48.3 Å². The summed E-state index contributed by atoms with van der Waals surface area (Å²) in [6.45, 7) is 1.08. The van der Waals surface area contributed by atoms with Crippen LogP contribution in [-0.4, -0.2) is 30.9 Å². The largest absolute Gasteiger partial charge is 0.451 e. The van der Waals surface area contributed by atoms with Crippen molar-refractivity contribution in [1.82, 2.24) is 4.90 Å². The molecule has 0 saturated carbocycles. The number of carbonyl (C=O) groups excluding carboxylic acids is 1. The first-order chi connectivity index (χ1) is 15.4. The fraction of sp³-hybridized carbons (Fsp3) is 0.167. The van der Waals surface area contributed by atoms with E-state index in [1.807, 2.05) is 18.2 Å². The minimum atomic E-state index is -0.410.